The Hall–Kier alpha value is -3.06. The minimum atomic E-state index is -0.654. The predicted octanol–water partition coefficient (Wildman–Crippen LogP) is 1.14. The van der Waals surface area contributed by atoms with E-state index in [0.717, 1.165) is 33.1 Å². The van der Waals surface area contributed by atoms with Gasteiger partial charge in [-0.25, -0.2) is 4.79 Å². The number of fused-ring (bicyclic) bond motifs is 3. The van der Waals surface area contributed by atoms with Crippen molar-refractivity contribution in [1.82, 2.24) is 19.9 Å². The van der Waals surface area contributed by atoms with Crippen LogP contribution in [-0.4, -0.2) is 26.2 Å². The largest absolute Gasteiger partial charge is 0.494 e. The number of nitrogens with zero attached hydrogens (tertiary/aromatic N) is 1. The molecule has 0 radical (unpaired) electrons. The Labute approximate surface area is 142 Å². The molecule has 0 saturated heterocycles. The van der Waals surface area contributed by atoms with Gasteiger partial charge in [0, 0.05) is 29.7 Å². The van der Waals surface area contributed by atoms with E-state index in [4.69, 9.17) is 0 Å². The molecule has 2 aromatic heterocycles. The monoisotopic (exact) mass is 338 g/mol. The van der Waals surface area contributed by atoms with Gasteiger partial charge < -0.3 is 15.4 Å². The highest BCUT2D eigenvalue weighted by molar-refractivity contribution is 5.85. The van der Waals surface area contributed by atoms with Gasteiger partial charge in [-0.1, -0.05) is 24.3 Å². The van der Waals surface area contributed by atoms with Gasteiger partial charge in [-0.05, 0) is 18.1 Å². The van der Waals surface area contributed by atoms with Gasteiger partial charge in [0.25, 0.3) is 5.56 Å². The maximum Gasteiger partial charge on any atom is 0.331 e. The molecule has 1 aromatic carbocycles. The van der Waals surface area contributed by atoms with Crippen molar-refractivity contribution in [1.29, 1.82) is 0 Å². The van der Waals surface area contributed by atoms with Crippen molar-refractivity contribution < 1.29 is 5.11 Å². The Balaban J connectivity index is 1.96. The number of aromatic amines is 2. The van der Waals surface area contributed by atoms with E-state index in [1.165, 1.54) is 6.08 Å². The zero-order valence-corrected chi connectivity index (χ0v) is 13.5. The molecule has 7 heteroatoms. The molecule has 1 unspecified atom stereocenters. The fraction of sp³-hybridized carbons (Fsp3) is 0.222. The van der Waals surface area contributed by atoms with Gasteiger partial charge in [-0.3, -0.25) is 14.3 Å². The molecule has 7 nitrogen and oxygen atoms in total. The number of hydrogen-bond acceptors (Lipinski definition) is 4. The van der Waals surface area contributed by atoms with E-state index in [9.17, 15) is 14.7 Å². The Morgan fingerprint density at radius 3 is 2.88 bits per heavy atom. The van der Waals surface area contributed by atoms with Crippen molar-refractivity contribution in [2.75, 3.05) is 6.54 Å². The molecule has 4 rings (SSSR count). The van der Waals surface area contributed by atoms with Crippen molar-refractivity contribution in [3.05, 3.63) is 74.6 Å². The van der Waals surface area contributed by atoms with Crippen LogP contribution in [0, 0.1) is 0 Å². The van der Waals surface area contributed by atoms with Crippen LogP contribution in [0.25, 0.3) is 10.9 Å². The SMILES string of the molecule is C=CCn1c(O)c(C2NCCc3c2[nH]c2ccccc32)c(=O)[nH]c1=O. The van der Waals surface area contributed by atoms with E-state index in [0.29, 0.717) is 6.54 Å². The highest BCUT2D eigenvalue weighted by Crippen LogP contribution is 2.34. The summed E-state index contributed by atoms with van der Waals surface area (Å²) in [7, 11) is 0. The lowest BCUT2D eigenvalue weighted by Gasteiger charge is -2.25. The number of benzene rings is 1. The lowest BCUT2D eigenvalue weighted by atomic mass is 9.95. The normalized spacial score (nSPS) is 16.7. The lowest BCUT2D eigenvalue weighted by molar-refractivity contribution is 0.391. The van der Waals surface area contributed by atoms with Gasteiger partial charge in [0.2, 0.25) is 5.88 Å². The minimum absolute atomic E-state index is 0.112. The van der Waals surface area contributed by atoms with E-state index >= 15 is 0 Å². The van der Waals surface area contributed by atoms with E-state index < -0.39 is 17.3 Å². The van der Waals surface area contributed by atoms with E-state index in [2.05, 4.69) is 21.9 Å². The molecule has 25 heavy (non-hydrogen) atoms. The summed E-state index contributed by atoms with van der Waals surface area (Å²) in [5.74, 6) is -0.336. The van der Waals surface area contributed by atoms with Crippen LogP contribution in [0.3, 0.4) is 0 Å². The maximum absolute atomic E-state index is 12.4. The van der Waals surface area contributed by atoms with Gasteiger partial charge in [0.1, 0.15) is 5.56 Å². The molecule has 0 bridgehead atoms. The zero-order valence-electron chi connectivity index (χ0n) is 13.5. The fourth-order valence-electron chi connectivity index (χ4n) is 3.56. The number of allylic oxidation sites excluding steroid dienone is 1. The first kappa shape index (κ1) is 15.5. The number of aromatic hydroxyl groups is 1. The Bertz CT molecular complexity index is 1090. The number of aromatic nitrogens is 3. The second-order valence-corrected chi connectivity index (χ2v) is 6.10. The quantitative estimate of drug-likeness (QED) is 0.538. The third-order valence-corrected chi connectivity index (χ3v) is 4.67. The second-order valence-electron chi connectivity index (χ2n) is 6.10. The summed E-state index contributed by atoms with van der Waals surface area (Å²) in [5.41, 5.74) is 1.84. The molecule has 0 saturated carbocycles. The molecule has 0 spiro atoms. The van der Waals surface area contributed by atoms with Crippen LogP contribution in [0.1, 0.15) is 22.9 Å². The fourth-order valence-corrected chi connectivity index (χ4v) is 3.56. The van der Waals surface area contributed by atoms with E-state index in [-0.39, 0.29) is 18.0 Å². The highest BCUT2D eigenvalue weighted by atomic mass is 16.3. The van der Waals surface area contributed by atoms with Crippen LogP contribution in [0.4, 0.5) is 0 Å². The number of nitrogens with one attached hydrogen (secondary N) is 3. The molecule has 1 atom stereocenters. The smallest absolute Gasteiger partial charge is 0.331 e. The first-order chi connectivity index (χ1) is 12.1. The summed E-state index contributed by atoms with van der Waals surface area (Å²) in [6, 6.07) is 7.42. The van der Waals surface area contributed by atoms with Gasteiger partial charge in [0.05, 0.1) is 6.04 Å². The summed E-state index contributed by atoms with van der Waals surface area (Å²) in [6.45, 7) is 4.36. The third-order valence-electron chi connectivity index (χ3n) is 4.67. The topological polar surface area (TPSA) is 103 Å². The molecular weight excluding hydrogens is 320 g/mol. The van der Waals surface area contributed by atoms with E-state index in [1.54, 1.807) is 0 Å². The van der Waals surface area contributed by atoms with Crippen molar-refractivity contribution in [2.24, 2.45) is 0 Å². The molecule has 4 N–H and O–H groups in total. The Kier molecular flexibility index (Phi) is 3.58. The summed E-state index contributed by atoms with van der Waals surface area (Å²) < 4.78 is 1.10. The number of H-pyrrole nitrogens is 2. The minimum Gasteiger partial charge on any atom is -0.494 e. The summed E-state index contributed by atoms with van der Waals surface area (Å²) in [4.78, 5) is 30.0. The third kappa shape index (κ3) is 2.32. The summed E-state index contributed by atoms with van der Waals surface area (Å²) >= 11 is 0. The summed E-state index contributed by atoms with van der Waals surface area (Å²) in [6.07, 6.45) is 2.31. The molecule has 1 aliphatic heterocycles. The van der Waals surface area contributed by atoms with Gasteiger partial charge >= 0.3 is 5.69 Å². The molecule has 3 heterocycles. The average Bonchev–Trinajstić information content (AvgIpc) is 2.98. The molecule has 1 aliphatic rings. The highest BCUT2D eigenvalue weighted by Gasteiger charge is 2.30. The van der Waals surface area contributed by atoms with Crippen LogP contribution in [-0.2, 0) is 13.0 Å². The summed E-state index contributed by atoms with van der Waals surface area (Å²) in [5, 5.41) is 15.0. The van der Waals surface area contributed by atoms with Crippen molar-refractivity contribution in [3.63, 3.8) is 0 Å². The number of para-hydroxylation sites is 1. The predicted molar refractivity (Wildman–Crippen MR) is 95.0 cm³/mol. The van der Waals surface area contributed by atoms with Crippen molar-refractivity contribution in [3.8, 4) is 5.88 Å². The number of hydrogen-bond donors (Lipinski definition) is 4. The Morgan fingerprint density at radius 2 is 2.08 bits per heavy atom. The van der Waals surface area contributed by atoms with Crippen molar-refractivity contribution in [2.45, 2.75) is 19.0 Å². The lowest BCUT2D eigenvalue weighted by Crippen LogP contribution is -2.39. The molecule has 0 aliphatic carbocycles. The van der Waals surface area contributed by atoms with Crippen LogP contribution in [0.5, 0.6) is 5.88 Å². The van der Waals surface area contributed by atoms with Gasteiger partial charge in [-0.15, -0.1) is 6.58 Å². The second kappa shape index (κ2) is 5.78. The van der Waals surface area contributed by atoms with Crippen molar-refractivity contribution >= 4 is 10.9 Å². The zero-order chi connectivity index (χ0) is 17.6. The Morgan fingerprint density at radius 1 is 1.28 bits per heavy atom. The molecule has 128 valence electrons. The number of rotatable bonds is 3. The van der Waals surface area contributed by atoms with Crippen LogP contribution >= 0.6 is 0 Å². The maximum atomic E-state index is 12.4. The van der Waals surface area contributed by atoms with E-state index in [1.807, 2.05) is 24.3 Å². The first-order valence-electron chi connectivity index (χ1n) is 8.11. The standard InChI is InChI=1S/C18H18N4O3/c1-2-9-22-17(24)13(16(23)21-18(22)25)15-14-11(7-8-19-15)10-5-3-4-6-12(10)20-14/h2-6,15,19-20,24H,1,7-9H2,(H,21,23,25). The van der Waals surface area contributed by atoms with Gasteiger partial charge in [0.15, 0.2) is 0 Å². The molecular formula is C18H18N4O3. The molecule has 3 aromatic rings. The molecule has 0 amide bonds. The van der Waals surface area contributed by atoms with Crippen LogP contribution in [0.2, 0.25) is 0 Å². The van der Waals surface area contributed by atoms with Crippen LogP contribution in [0.15, 0.2) is 46.5 Å². The van der Waals surface area contributed by atoms with Gasteiger partial charge in [-0.2, -0.15) is 0 Å². The first-order valence-corrected chi connectivity index (χ1v) is 8.11. The average molecular weight is 338 g/mol. The molecule has 0 fully saturated rings. The van der Waals surface area contributed by atoms with Crippen LogP contribution < -0.4 is 16.6 Å².